The van der Waals surface area contributed by atoms with Crippen molar-refractivity contribution in [1.82, 2.24) is 0 Å². The Morgan fingerprint density at radius 3 is 2.76 bits per heavy atom. The second kappa shape index (κ2) is 6.30. The monoisotopic (exact) mass is 253 g/mol. The second-order valence-electron chi connectivity index (χ2n) is 3.68. The number of methoxy groups -OCH3 is 1. The Hall–Kier alpha value is -1.48. The Labute approximate surface area is 106 Å². The Balaban J connectivity index is 3.09. The SMILES string of the molecule is CCCC(=CC(=O)OC)c1ccc(Cl)c(N)c1. The first-order valence-electron chi connectivity index (χ1n) is 5.42. The van der Waals surface area contributed by atoms with Crippen LogP contribution in [0.3, 0.4) is 0 Å². The van der Waals surface area contributed by atoms with Crippen LogP contribution in [0.2, 0.25) is 5.02 Å². The van der Waals surface area contributed by atoms with Gasteiger partial charge >= 0.3 is 5.97 Å². The number of benzene rings is 1. The minimum Gasteiger partial charge on any atom is -0.466 e. The highest BCUT2D eigenvalue weighted by Gasteiger charge is 2.06. The standard InChI is InChI=1S/C13H16ClNO2/c1-3-4-9(8-13(16)17-2)10-5-6-11(14)12(15)7-10/h5-8H,3-4,15H2,1-2H3. The van der Waals surface area contributed by atoms with Crippen LogP contribution in [-0.4, -0.2) is 13.1 Å². The number of nitrogen functional groups attached to an aromatic ring is 1. The fraction of sp³-hybridized carbons (Fsp3) is 0.308. The summed E-state index contributed by atoms with van der Waals surface area (Å²) in [5.74, 6) is -0.359. The molecule has 0 aromatic heterocycles. The van der Waals surface area contributed by atoms with E-state index in [0.29, 0.717) is 10.7 Å². The van der Waals surface area contributed by atoms with Crippen LogP contribution < -0.4 is 5.73 Å². The summed E-state index contributed by atoms with van der Waals surface area (Å²) >= 11 is 5.86. The molecule has 2 N–H and O–H groups in total. The first-order chi connectivity index (χ1) is 8.08. The van der Waals surface area contributed by atoms with E-state index in [9.17, 15) is 4.79 Å². The zero-order valence-electron chi connectivity index (χ0n) is 10.00. The zero-order valence-corrected chi connectivity index (χ0v) is 10.8. The van der Waals surface area contributed by atoms with Gasteiger partial charge in [0.25, 0.3) is 0 Å². The van der Waals surface area contributed by atoms with Crippen molar-refractivity contribution >= 4 is 28.8 Å². The molecule has 0 bridgehead atoms. The molecule has 0 aliphatic rings. The van der Waals surface area contributed by atoms with Gasteiger partial charge in [0.05, 0.1) is 17.8 Å². The van der Waals surface area contributed by atoms with Crippen molar-refractivity contribution < 1.29 is 9.53 Å². The van der Waals surface area contributed by atoms with Gasteiger partial charge in [-0.05, 0) is 29.7 Å². The summed E-state index contributed by atoms with van der Waals surface area (Å²) in [6.45, 7) is 2.05. The van der Waals surface area contributed by atoms with Crippen molar-refractivity contribution in [3.8, 4) is 0 Å². The second-order valence-corrected chi connectivity index (χ2v) is 4.09. The molecule has 0 saturated heterocycles. The fourth-order valence-electron chi connectivity index (χ4n) is 1.51. The smallest absolute Gasteiger partial charge is 0.330 e. The highest BCUT2D eigenvalue weighted by Crippen LogP contribution is 2.26. The van der Waals surface area contributed by atoms with Gasteiger partial charge in [-0.1, -0.05) is 31.0 Å². The number of hydrogen-bond donors (Lipinski definition) is 1. The van der Waals surface area contributed by atoms with E-state index in [1.807, 2.05) is 13.0 Å². The van der Waals surface area contributed by atoms with Crippen LogP contribution in [0.1, 0.15) is 25.3 Å². The van der Waals surface area contributed by atoms with E-state index in [0.717, 1.165) is 24.0 Å². The van der Waals surface area contributed by atoms with E-state index in [4.69, 9.17) is 17.3 Å². The van der Waals surface area contributed by atoms with E-state index in [1.54, 1.807) is 12.1 Å². The van der Waals surface area contributed by atoms with E-state index >= 15 is 0 Å². The molecular formula is C13H16ClNO2. The maximum Gasteiger partial charge on any atom is 0.330 e. The average Bonchev–Trinajstić information content (AvgIpc) is 2.32. The van der Waals surface area contributed by atoms with Crippen LogP contribution in [0.5, 0.6) is 0 Å². The van der Waals surface area contributed by atoms with Gasteiger partial charge in [-0.3, -0.25) is 0 Å². The molecular weight excluding hydrogens is 238 g/mol. The van der Waals surface area contributed by atoms with Crippen LogP contribution >= 0.6 is 11.6 Å². The van der Waals surface area contributed by atoms with Gasteiger partial charge in [-0.2, -0.15) is 0 Å². The quantitative estimate of drug-likeness (QED) is 0.509. The van der Waals surface area contributed by atoms with Gasteiger partial charge < -0.3 is 10.5 Å². The molecule has 0 saturated carbocycles. The summed E-state index contributed by atoms with van der Waals surface area (Å²) in [4.78, 5) is 11.3. The molecule has 0 spiro atoms. The highest BCUT2D eigenvalue weighted by molar-refractivity contribution is 6.33. The number of carbonyl (C=O) groups excluding carboxylic acids is 1. The summed E-state index contributed by atoms with van der Waals surface area (Å²) in [6, 6.07) is 5.35. The van der Waals surface area contributed by atoms with Crippen LogP contribution in [-0.2, 0) is 9.53 Å². The number of esters is 1. The molecule has 92 valence electrons. The largest absolute Gasteiger partial charge is 0.466 e. The van der Waals surface area contributed by atoms with E-state index in [2.05, 4.69) is 4.74 Å². The zero-order chi connectivity index (χ0) is 12.8. The molecule has 0 fully saturated rings. The average molecular weight is 254 g/mol. The molecule has 17 heavy (non-hydrogen) atoms. The third-order valence-corrected chi connectivity index (χ3v) is 2.72. The van der Waals surface area contributed by atoms with Gasteiger partial charge in [0.2, 0.25) is 0 Å². The topological polar surface area (TPSA) is 52.3 Å². The number of allylic oxidation sites excluding steroid dienone is 1. The third kappa shape index (κ3) is 3.79. The summed E-state index contributed by atoms with van der Waals surface area (Å²) < 4.78 is 4.63. The molecule has 0 aliphatic heterocycles. The van der Waals surface area contributed by atoms with Crippen molar-refractivity contribution in [1.29, 1.82) is 0 Å². The summed E-state index contributed by atoms with van der Waals surface area (Å²) in [5.41, 5.74) is 8.06. The van der Waals surface area contributed by atoms with E-state index in [1.165, 1.54) is 13.2 Å². The Morgan fingerprint density at radius 2 is 2.24 bits per heavy atom. The number of halogens is 1. The normalized spacial score (nSPS) is 11.4. The summed E-state index contributed by atoms with van der Waals surface area (Å²) in [7, 11) is 1.36. The first-order valence-corrected chi connectivity index (χ1v) is 5.80. The minimum atomic E-state index is -0.359. The van der Waals surface area contributed by atoms with Gasteiger partial charge in [-0.25, -0.2) is 4.79 Å². The molecule has 0 heterocycles. The Kier molecular flexibility index (Phi) is 5.04. The third-order valence-electron chi connectivity index (χ3n) is 2.38. The predicted octanol–water partition coefficient (Wildman–Crippen LogP) is 3.28. The van der Waals surface area contributed by atoms with Crippen molar-refractivity contribution in [3.05, 3.63) is 34.9 Å². The lowest BCUT2D eigenvalue weighted by Crippen LogP contribution is -1.98. The molecule has 1 aromatic carbocycles. The van der Waals surface area contributed by atoms with E-state index < -0.39 is 0 Å². The number of carbonyl (C=O) groups is 1. The number of nitrogens with two attached hydrogens (primary N) is 1. The minimum absolute atomic E-state index is 0.359. The number of anilines is 1. The molecule has 0 aliphatic carbocycles. The summed E-state index contributed by atoms with van der Waals surface area (Å²) in [6.07, 6.45) is 3.22. The number of hydrogen-bond acceptors (Lipinski definition) is 3. The van der Waals surface area contributed by atoms with Gasteiger partial charge in [0, 0.05) is 6.08 Å². The lowest BCUT2D eigenvalue weighted by atomic mass is 10.0. The van der Waals surface area contributed by atoms with Crippen molar-refractivity contribution in [3.63, 3.8) is 0 Å². The lowest BCUT2D eigenvalue weighted by molar-refractivity contribution is -0.134. The van der Waals surface area contributed by atoms with Gasteiger partial charge in [-0.15, -0.1) is 0 Å². The molecule has 0 unspecified atom stereocenters. The Morgan fingerprint density at radius 1 is 1.53 bits per heavy atom. The number of ether oxygens (including phenoxy) is 1. The van der Waals surface area contributed by atoms with Gasteiger partial charge in [0.15, 0.2) is 0 Å². The lowest BCUT2D eigenvalue weighted by Gasteiger charge is -2.08. The maximum absolute atomic E-state index is 11.3. The molecule has 0 atom stereocenters. The van der Waals surface area contributed by atoms with Crippen LogP contribution in [0.15, 0.2) is 24.3 Å². The van der Waals surface area contributed by atoms with Crippen molar-refractivity contribution in [2.75, 3.05) is 12.8 Å². The molecule has 0 radical (unpaired) electrons. The van der Waals surface area contributed by atoms with Crippen molar-refractivity contribution in [2.45, 2.75) is 19.8 Å². The first kappa shape index (κ1) is 13.6. The van der Waals surface area contributed by atoms with Crippen LogP contribution in [0, 0.1) is 0 Å². The predicted molar refractivity (Wildman–Crippen MR) is 70.8 cm³/mol. The summed E-state index contributed by atoms with van der Waals surface area (Å²) in [5, 5.41) is 0.516. The Bertz CT molecular complexity index is 441. The van der Waals surface area contributed by atoms with Crippen LogP contribution in [0.25, 0.3) is 5.57 Å². The van der Waals surface area contributed by atoms with Crippen molar-refractivity contribution in [2.24, 2.45) is 0 Å². The highest BCUT2D eigenvalue weighted by atomic mass is 35.5. The molecule has 0 amide bonds. The molecule has 1 aromatic rings. The number of rotatable bonds is 4. The maximum atomic E-state index is 11.3. The molecule has 4 heteroatoms. The molecule has 3 nitrogen and oxygen atoms in total. The van der Waals surface area contributed by atoms with Gasteiger partial charge in [0.1, 0.15) is 0 Å². The molecule has 1 rings (SSSR count). The fourth-order valence-corrected chi connectivity index (χ4v) is 1.63. The van der Waals surface area contributed by atoms with E-state index in [-0.39, 0.29) is 5.97 Å². The van der Waals surface area contributed by atoms with Crippen LogP contribution in [0.4, 0.5) is 5.69 Å².